The van der Waals surface area contributed by atoms with Crippen LogP contribution < -0.4 is 5.32 Å². The van der Waals surface area contributed by atoms with E-state index in [1.165, 1.54) is 19.6 Å². The molecule has 2 aromatic rings. The average Bonchev–Trinajstić information content (AvgIpc) is 2.52. The normalized spacial score (nSPS) is 11.8. The van der Waals surface area contributed by atoms with E-state index in [1.54, 1.807) is 24.3 Å². The molecule has 0 aliphatic carbocycles. The largest absolute Gasteiger partial charge is 0.465 e. The van der Waals surface area contributed by atoms with Crippen LogP contribution in [0.5, 0.6) is 0 Å². The number of carbonyl (C=O) groups excluding carboxylic acids is 1. The smallest absolute Gasteiger partial charge is 0.343 e. The van der Waals surface area contributed by atoms with Gasteiger partial charge < -0.3 is 15.2 Å². The number of aromatic nitrogens is 2. The van der Waals surface area contributed by atoms with Gasteiger partial charge in [-0.05, 0) is 17.7 Å². The first-order valence-corrected chi connectivity index (χ1v) is 6.55. The summed E-state index contributed by atoms with van der Waals surface area (Å²) in [6.45, 7) is 0.183. The summed E-state index contributed by atoms with van der Waals surface area (Å²) in [4.78, 5) is 19.3. The van der Waals surface area contributed by atoms with Crippen molar-refractivity contribution in [1.82, 2.24) is 9.97 Å². The topological polar surface area (TPSA) is 84.3 Å². The third kappa shape index (κ3) is 3.90. The van der Waals surface area contributed by atoms with Crippen LogP contribution >= 0.6 is 11.6 Å². The van der Waals surface area contributed by atoms with Crippen LogP contribution in [0.15, 0.2) is 36.8 Å². The van der Waals surface area contributed by atoms with Crippen molar-refractivity contribution in [2.24, 2.45) is 0 Å². The molecule has 1 aromatic heterocycles. The number of benzene rings is 1. The zero-order valence-corrected chi connectivity index (χ0v) is 12.0. The summed E-state index contributed by atoms with van der Waals surface area (Å²) in [5.41, 5.74) is 0.920. The van der Waals surface area contributed by atoms with E-state index in [0.717, 1.165) is 0 Å². The Kier molecular flexibility index (Phi) is 5.08. The van der Waals surface area contributed by atoms with Crippen molar-refractivity contribution >= 4 is 23.4 Å². The number of ether oxygens (including phenoxy) is 1. The number of hydrogen-bond acceptors (Lipinski definition) is 6. The van der Waals surface area contributed by atoms with Gasteiger partial charge in [0, 0.05) is 17.8 Å². The number of nitrogens with zero attached hydrogens (tertiary/aromatic N) is 2. The molecule has 0 saturated carbocycles. The van der Waals surface area contributed by atoms with Crippen molar-refractivity contribution in [3.8, 4) is 0 Å². The Morgan fingerprint density at radius 3 is 2.81 bits per heavy atom. The maximum atomic E-state index is 11.6. The van der Waals surface area contributed by atoms with Crippen LogP contribution in [0, 0.1) is 0 Å². The molecule has 0 fully saturated rings. The molecule has 1 heterocycles. The fourth-order valence-corrected chi connectivity index (χ4v) is 1.85. The van der Waals surface area contributed by atoms with Gasteiger partial charge in [0.05, 0.1) is 13.2 Å². The second kappa shape index (κ2) is 7.01. The van der Waals surface area contributed by atoms with Crippen molar-refractivity contribution in [2.45, 2.75) is 6.10 Å². The third-order valence-electron chi connectivity index (χ3n) is 2.84. The molecular formula is C14H14ClN3O3. The Bertz CT molecular complexity index is 619. The van der Waals surface area contributed by atoms with Crippen LogP contribution in [-0.2, 0) is 4.74 Å². The SMILES string of the molecule is COC(=O)c1cncnc1NC[C@@H](O)c1ccc(Cl)cc1. The monoisotopic (exact) mass is 307 g/mol. The van der Waals surface area contributed by atoms with Crippen molar-refractivity contribution in [2.75, 3.05) is 19.0 Å². The minimum Gasteiger partial charge on any atom is -0.465 e. The second-order valence-electron chi connectivity index (χ2n) is 4.22. The van der Waals surface area contributed by atoms with E-state index in [1.807, 2.05) is 0 Å². The van der Waals surface area contributed by atoms with Gasteiger partial charge in [-0.2, -0.15) is 0 Å². The first-order chi connectivity index (χ1) is 10.1. The molecule has 0 radical (unpaired) electrons. The van der Waals surface area contributed by atoms with Crippen LogP contribution in [-0.4, -0.2) is 34.7 Å². The van der Waals surface area contributed by atoms with E-state index in [2.05, 4.69) is 20.0 Å². The molecule has 2 N–H and O–H groups in total. The van der Waals surface area contributed by atoms with Gasteiger partial charge in [-0.3, -0.25) is 0 Å². The number of nitrogens with one attached hydrogen (secondary N) is 1. The summed E-state index contributed by atoms with van der Waals surface area (Å²) in [7, 11) is 1.28. The Hall–Kier alpha value is -2.18. The first kappa shape index (κ1) is 15.2. The van der Waals surface area contributed by atoms with Gasteiger partial charge in [0.15, 0.2) is 0 Å². The summed E-state index contributed by atoms with van der Waals surface area (Å²) in [6, 6.07) is 6.86. The lowest BCUT2D eigenvalue weighted by molar-refractivity contribution is 0.0600. The third-order valence-corrected chi connectivity index (χ3v) is 3.09. The van der Waals surface area contributed by atoms with Crippen LogP contribution in [0.2, 0.25) is 5.02 Å². The minimum atomic E-state index is -0.761. The summed E-state index contributed by atoms with van der Waals surface area (Å²) in [5, 5.41) is 13.6. The lowest BCUT2D eigenvalue weighted by atomic mass is 10.1. The molecule has 2 rings (SSSR count). The quantitative estimate of drug-likeness (QED) is 0.823. The highest BCUT2D eigenvalue weighted by atomic mass is 35.5. The molecule has 0 amide bonds. The van der Waals surface area contributed by atoms with Gasteiger partial charge >= 0.3 is 5.97 Å². The van der Waals surface area contributed by atoms with E-state index in [-0.39, 0.29) is 12.1 Å². The first-order valence-electron chi connectivity index (χ1n) is 6.17. The molecule has 7 heteroatoms. The van der Waals surface area contributed by atoms with E-state index in [9.17, 15) is 9.90 Å². The van der Waals surface area contributed by atoms with E-state index in [0.29, 0.717) is 16.4 Å². The summed E-state index contributed by atoms with van der Waals surface area (Å²) < 4.78 is 4.65. The highest BCUT2D eigenvalue weighted by molar-refractivity contribution is 6.30. The number of methoxy groups -OCH3 is 1. The predicted octanol–water partition coefficient (Wildman–Crippen LogP) is 2.06. The standard InChI is InChI=1S/C14H14ClN3O3/c1-21-14(20)11-6-16-8-18-13(11)17-7-12(19)9-2-4-10(15)5-3-9/h2-6,8,12,19H,7H2,1H3,(H,16,17,18)/t12-/m1/s1. The molecule has 6 nitrogen and oxygen atoms in total. The van der Waals surface area contributed by atoms with Crippen LogP contribution in [0.1, 0.15) is 22.0 Å². The molecule has 1 aromatic carbocycles. The zero-order valence-electron chi connectivity index (χ0n) is 11.3. The highest BCUT2D eigenvalue weighted by Crippen LogP contribution is 2.18. The van der Waals surface area contributed by atoms with Crippen LogP contribution in [0.4, 0.5) is 5.82 Å². The van der Waals surface area contributed by atoms with Crippen molar-refractivity contribution in [3.05, 3.63) is 52.9 Å². The molecule has 0 bridgehead atoms. The Morgan fingerprint density at radius 2 is 2.14 bits per heavy atom. The number of anilines is 1. The van der Waals surface area contributed by atoms with Crippen molar-refractivity contribution < 1.29 is 14.6 Å². The Labute approximate surface area is 126 Å². The zero-order chi connectivity index (χ0) is 15.2. The number of carbonyl (C=O) groups is 1. The van der Waals surface area contributed by atoms with Gasteiger partial charge in [0.2, 0.25) is 0 Å². The minimum absolute atomic E-state index is 0.183. The van der Waals surface area contributed by atoms with Gasteiger partial charge in [0.1, 0.15) is 17.7 Å². The second-order valence-corrected chi connectivity index (χ2v) is 4.66. The highest BCUT2D eigenvalue weighted by Gasteiger charge is 2.14. The van der Waals surface area contributed by atoms with Gasteiger partial charge in [-0.25, -0.2) is 14.8 Å². The predicted molar refractivity (Wildman–Crippen MR) is 78.3 cm³/mol. The van der Waals surface area contributed by atoms with E-state index < -0.39 is 12.1 Å². The maximum Gasteiger partial charge on any atom is 0.343 e. The Balaban J connectivity index is 2.06. The average molecular weight is 308 g/mol. The lowest BCUT2D eigenvalue weighted by Gasteiger charge is -2.14. The fraction of sp³-hybridized carbons (Fsp3) is 0.214. The van der Waals surface area contributed by atoms with Gasteiger partial charge in [-0.1, -0.05) is 23.7 Å². The van der Waals surface area contributed by atoms with Gasteiger partial charge in [0.25, 0.3) is 0 Å². The summed E-state index contributed by atoms with van der Waals surface area (Å²) >= 11 is 5.80. The molecule has 21 heavy (non-hydrogen) atoms. The van der Waals surface area contributed by atoms with Crippen molar-refractivity contribution in [3.63, 3.8) is 0 Å². The molecule has 0 unspecified atom stereocenters. The number of halogens is 1. The van der Waals surface area contributed by atoms with E-state index in [4.69, 9.17) is 11.6 Å². The maximum absolute atomic E-state index is 11.6. The molecule has 1 atom stereocenters. The molecule has 110 valence electrons. The summed E-state index contributed by atoms with van der Waals surface area (Å²) in [6.07, 6.45) is 1.90. The fourth-order valence-electron chi connectivity index (χ4n) is 1.73. The number of aliphatic hydroxyl groups excluding tert-OH is 1. The van der Waals surface area contributed by atoms with Crippen LogP contribution in [0.3, 0.4) is 0 Å². The van der Waals surface area contributed by atoms with Gasteiger partial charge in [-0.15, -0.1) is 0 Å². The summed E-state index contributed by atoms with van der Waals surface area (Å²) in [5.74, 6) is -0.232. The number of aliphatic hydroxyl groups is 1. The molecule has 0 saturated heterocycles. The lowest BCUT2D eigenvalue weighted by Crippen LogP contribution is -2.16. The van der Waals surface area contributed by atoms with Crippen molar-refractivity contribution in [1.29, 1.82) is 0 Å². The molecule has 0 spiro atoms. The molecular weight excluding hydrogens is 294 g/mol. The number of rotatable bonds is 5. The van der Waals surface area contributed by atoms with Crippen LogP contribution in [0.25, 0.3) is 0 Å². The number of esters is 1. The Morgan fingerprint density at radius 1 is 1.43 bits per heavy atom. The van der Waals surface area contributed by atoms with E-state index >= 15 is 0 Å². The molecule has 0 aliphatic rings. The molecule has 0 aliphatic heterocycles. The number of hydrogen-bond donors (Lipinski definition) is 2.